The summed E-state index contributed by atoms with van der Waals surface area (Å²) in [6.45, 7) is 0. The second kappa shape index (κ2) is 5.62. The summed E-state index contributed by atoms with van der Waals surface area (Å²) in [5.74, 6) is -0.467. The standard InChI is InChI=1S/C13H15NO4/c15-13(18-12-7-2-1-3-8-12)10-5-4-6-11(9-10)14(16)17/h4-6,9,12H,1-3,7-8H2. The van der Waals surface area contributed by atoms with E-state index in [4.69, 9.17) is 4.74 Å². The summed E-state index contributed by atoms with van der Waals surface area (Å²) in [4.78, 5) is 21.9. The van der Waals surface area contributed by atoms with Crippen LogP contribution in [0.5, 0.6) is 0 Å². The number of hydrogen-bond acceptors (Lipinski definition) is 4. The van der Waals surface area contributed by atoms with Gasteiger partial charge in [-0.1, -0.05) is 12.5 Å². The Morgan fingerprint density at radius 2 is 2.00 bits per heavy atom. The van der Waals surface area contributed by atoms with E-state index in [1.165, 1.54) is 30.7 Å². The van der Waals surface area contributed by atoms with Gasteiger partial charge in [-0.05, 0) is 31.7 Å². The lowest BCUT2D eigenvalue weighted by atomic mass is 9.98. The van der Waals surface area contributed by atoms with Crippen LogP contribution in [0.3, 0.4) is 0 Å². The lowest BCUT2D eigenvalue weighted by Crippen LogP contribution is -2.20. The van der Waals surface area contributed by atoms with Crippen molar-refractivity contribution in [2.24, 2.45) is 0 Å². The third-order valence-electron chi connectivity index (χ3n) is 3.12. The minimum Gasteiger partial charge on any atom is -0.459 e. The zero-order chi connectivity index (χ0) is 13.0. The molecule has 1 saturated carbocycles. The molecule has 5 nitrogen and oxygen atoms in total. The first-order valence-corrected chi connectivity index (χ1v) is 6.12. The molecule has 1 fully saturated rings. The molecule has 1 aliphatic carbocycles. The third-order valence-corrected chi connectivity index (χ3v) is 3.12. The fraction of sp³-hybridized carbons (Fsp3) is 0.462. The van der Waals surface area contributed by atoms with Crippen LogP contribution in [0.15, 0.2) is 24.3 Å². The first-order valence-electron chi connectivity index (χ1n) is 6.12. The third kappa shape index (κ3) is 3.06. The highest BCUT2D eigenvalue weighted by molar-refractivity contribution is 5.90. The molecule has 0 saturated heterocycles. The van der Waals surface area contributed by atoms with E-state index in [0.717, 1.165) is 25.7 Å². The molecule has 0 spiro atoms. The molecule has 96 valence electrons. The highest BCUT2D eigenvalue weighted by Gasteiger charge is 2.19. The molecule has 0 bridgehead atoms. The van der Waals surface area contributed by atoms with Gasteiger partial charge in [0.05, 0.1) is 10.5 Å². The second-order valence-corrected chi connectivity index (χ2v) is 4.47. The van der Waals surface area contributed by atoms with Gasteiger partial charge in [0, 0.05) is 12.1 Å². The smallest absolute Gasteiger partial charge is 0.338 e. The number of nitrogens with zero attached hydrogens (tertiary/aromatic N) is 1. The van der Waals surface area contributed by atoms with Gasteiger partial charge in [0.2, 0.25) is 0 Å². The summed E-state index contributed by atoms with van der Waals surface area (Å²) in [6, 6.07) is 5.65. The van der Waals surface area contributed by atoms with Gasteiger partial charge in [0.1, 0.15) is 6.10 Å². The SMILES string of the molecule is O=C(OC1CCCCC1)c1cccc([N+](=O)[O-])c1. The van der Waals surface area contributed by atoms with Crippen molar-refractivity contribution < 1.29 is 14.5 Å². The summed E-state index contributed by atoms with van der Waals surface area (Å²) in [6.07, 6.45) is 5.08. The predicted octanol–water partition coefficient (Wildman–Crippen LogP) is 3.08. The molecule has 1 aromatic carbocycles. The van der Waals surface area contributed by atoms with Crippen molar-refractivity contribution in [3.8, 4) is 0 Å². The quantitative estimate of drug-likeness (QED) is 0.469. The maximum atomic E-state index is 11.8. The van der Waals surface area contributed by atoms with E-state index in [1.807, 2.05) is 0 Å². The van der Waals surface area contributed by atoms with Crippen LogP contribution in [0.2, 0.25) is 0 Å². The minimum absolute atomic E-state index is 0.0366. The van der Waals surface area contributed by atoms with Gasteiger partial charge in [-0.15, -0.1) is 0 Å². The Labute approximate surface area is 105 Å². The lowest BCUT2D eigenvalue weighted by Gasteiger charge is -2.21. The summed E-state index contributed by atoms with van der Waals surface area (Å²) < 4.78 is 5.35. The van der Waals surface area contributed by atoms with Crippen molar-refractivity contribution in [2.75, 3.05) is 0 Å². The summed E-state index contributed by atoms with van der Waals surface area (Å²) >= 11 is 0. The van der Waals surface area contributed by atoms with Gasteiger partial charge < -0.3 is 4.74 Å². The van der Waals surface area contributed by atoms with Gasteiger partial charge in [-0.2, -0.15) is 0 Å². The van der Waals surface area contributed by atoms with Gasteiger partial charge in [-0.3, -0.25) is 10.1 Å². The number of ether oxygens (including phenoxy) is 1. The molecule has 0 N–H and O–H groups in total. The largest absolute Gasteiger partial charge is 0.459 e. The maximum absolute atomic E-state index is 11.8. The molecule has 18 heavy (non-hydrogen) atoms. The van der Waals surface area contributed by atoms with Crippen molar-refractivity contribution in [1.29, 1.82) is 0 Å². The number of carbonyl (C=O) groups is 1. The van der Waals surface area contributed by atoms with E-state index in [9.17, 15) is 14.9 Å². The Balaban J connectivity index is 2.03. The molecule has 1 aliphatic rings. The van der Waals surface area contributed by atoms with Crippen molar-refractivity contribution >= 4 is 11.7 Å². The molecule has 2 rings (SSSR count). The van der Waals surface area contributed by atoms with Crippen LogP contribution in [0.25, 0.3) is 0 Å². The average molecular weight is 249 g/mol. The van der Waals surface area contributed by atoms with Gasteiger partial charge in [-0.25, -0.2) is 4.79 Å². The zero-order valence-electron chi connectivity index (χ0n) is 10.0. The van der Waals surface area contributed by atoms with Crippen LogP contribution >= 0.6 is 0 Å². The van der Waals surface area contributed by atoms with E-state index < -0.39 is 10.9 Å². The van der Waals surface area contributed by atoms with Gasteiger partial charge in [0.15, 0.2) is 0 Å². The summed E-state index contributed by atoms with van der Waals surface area (Å²) in [5, 5.41) is 10.6. The Hall–Kier alpha value is -1.91. The van der Waals surface area contributed by atoms with Crippen LogP contribution in [0, 0.1) is 10.1 Å². The second-order valence-electron chi connectivity index (χ2n) is 4.47. The highest BCUT2D eigenvalue weighted by Crippen LogP contribution is 2.22. The molecule has 0 unspecified atom stereocenters. The van der Waals surface area contributed by atoms with Crippen LogP contribution in [0.1, 0.15) is 42.5 Å². The molecular formula is C13H15NO4. The van der Waals surface area contributed by atoms with Gasteiger partial charge in [0.25, 0.3) is 5.69 Å². The fourth-order valence-electron chi connectivity index (χ4n) is 2.15. The molecule has 0 atom stereocenters. The topological polar surface area (TPSA) is 69.4 Å². The van der Waals surface area contributed by atoms with E-state index >= 15 is 0 Å². The Morgan fingerprint density at radius 3 is 2.67 bits per heavy atom. The Bertz CT molecular complexity index is 452. The Morgan fingerprint density at radius 1 is 1.28 bits per heavy atom. The van der Waals surface area contributed by atoms with Crippen LogP contribution in [-0.2, 0) is 4.74 Å². The number of nitro groups is 1. The highest BCUT2D eigenvalue weighted by atomic mass is 16.6. The van der Waals surface area contributed by atoms with Crippen LogP contribution in [0.4, 0.5) is 5.69 Å². The maximum Gasteiger partial charge on any atom is 0.338 e. The van der Waals surface area contributed by atoms with E-state index in [-0.39, 0.29) is 17.4 Å². The van der Waals surface area contributed by atoms with Crippen molar-refractivity contribution in [3.63, 3.8) is 0 Å². The molecular weight excluding hydrogens is 234 g/mol. The minimum atomic E-state index is -0.516. The molecule has 5 heteroatoms. The number of hydrogen-bond donors (Lipinski definition) is 0. The number of benzene rings is 1. The summed E-state index contributed by atoms with van der Waals surface area (Å²) in [7, 11) is 0. The van der Waals surface area contributed by atoms with E-state index in [1.54, 1.807) is 0 Å². The normalized spacial score (nSPS) is 16.2. The van der Waals surface area contributed by atoms with Gasteiger partial charge >= 0.3 is 5.97 Å². The number of rotatable bonds is 3. The monoisotopic (exact) mass is 249 g/mol. The van der Waals surface area contributed by atoms with E-state index in [0.29, 0.717) is 0 Å². The molecule has 0 radical (unpaired) electrons. The van der Waals surface area contributed by atoms with E-state index in [2.05, 4.69) is 0 Å². The Kier molecular flexibility index (Phi) is 3.92. The predicted molar refractivity (Wildman–Crippen MR) is 65.4 cm³/mol. The molecule has 0 amide bonds. The molecule has 0 aliphatic heterocycles. The number of non-ortho nitro benzene ring substituents is 1. The van der Waals surface area contributed by atoms with Crippen LogP contribution < -0.4 is 0 Å². The first kappa shape index (κ1) is 12.5. The number of esters is 1. The average Bonchev–Trinajstić information content (AvgIpc) is 2.40. The molecule has 0 aromatic heterocycles. The lowest BCUT2D eigenvalue weighted by molar-refractivity contribution is -0.384. The number of carbonyl (C=O) groups excluding carboxylic acids is 1. The molecule has 1 aromatic rings. The van der Waals surface area contributed by atoms with Crippen LogP contribution in [-0.4, -0.2) is 17.0 Å². The zero-order valence-corrected chi connectivity index (χ0v) is 10.0. The van der Waals surface area contributed by atoms with Crippen molar-refractivity contribution in [1.82, 2.24) is 0 Å². The molecule has 0 heterocycles. The van der Waals surface area contributed by atoms with Crippen molar-refractivity contribution in [3.05, 3.63) is 39.9 Å². The summed E-state index contributed by atoms with van der Waals surface area (Å²) in [5.41, 5.74) is 0.155. The fourth-order valence-corrected chi connectivity index (χ4v) is 2.15. The van der Waals surface area contributed by atoms with Crippen molar-refractivity contribution in [2.45, 2.75) is 38.2 Å². The first-order chi connectivity index (χ1) is 8.66. The number of nitro benzene ring substituents is 1.